The second kappa shape index (κ2) is 6.00. The fraction of sp³-hybridized carbons (Fsp3) is 0.389. The van der Waals surface area contributed by atoms with Gasteiger partial charge in [0, 0.05) is 62.4 Å². The van der Waals surface area contributed by atoms with Crippen molar-refractivity contribution in [2.24, 2.45) is 7.05 Å². The van der Waals surface area contributed by atoms with E-state index < -0.39 is 0 Å². The van der Waals surface area contributed by atoms with Crippen molar-refractivity contribution in [1.29, 1.82) is 0 Å². The molecule has 4 rings (SSSR count). The Morgan fingerprint density at radius 2 is 2.16 bits per heavy atom. The SMILES string of the molecule is Cc1c([C@H]2[C@H](NCc3cccc4nccn34)CC(=O)N2C)cnn1C. The molecular formula is C18H22N6O. The molecule has 1 N–H and O–H groups in total. The molecule has 0 aliphatic carbocycles. The molecule has 0 aromatic carbocycles. The molecule has 1 amide bonds. The number of nitrogens with zero attached hydrogens (tertiary/aromatic N) is 5. The average Bonchev–Trinajstić information content (AvgIpc) is 3.27. The quantitative estimate of drug-likeness (QED) is 0.782. The van der Waals surface area contributed by atoms with E-state index in [1.54, 1.807) is 6.20 Å². The van der Waals surface area contributed by atoms with E-state index in [2.05, 4.69) is 25.9 Å². The number of hydrogen-bond donors (Lipinski definition) is 1. The van der Waals surface area contributed by atoms with Gasteiger partial charge in [-0.2, -0.15) is 5.10 Å². The first-order chi connectivity index (χ1) is 12.1. The van der Waals surface area contributed by atoms with Crippen molar-refractivity contribution in [3.05, 3.63) is 53.7 Å². The number of carbonyl (C=O) groups excluding carboxylic acids is 1. The number of likely N-dealkylation sites (N-methyl/N-ethyl adjacent to an activating group) is 1. The molecule has 25 heavy (non-hydrogen) atoms. The summed E-state index contributed by atoms with van der Waals surface area (Å²) in [6, 6.07) is 6.13. The monoisotopic (exact) mass is 338 g/mol. The van der Waals surface area contributed by atoms with Crippen LogP contribution in [0.25, 0.3) is 5.65 Å². The van der Waals surface area contributed by atoms with Crippen LogP contribution in [0.15, 0.2) is 36.8 Å². The molecule has 0 bridgehead atoms. The molecule has 2 atom stereocenters. The predicted molar refractivity (Wildman–Crippen MR) is 93.9 cm³/mol. The van der Waals surface area contributed by atoms with Gasteiger partial charge >= 0.3 is 0 Å². The normalized spacial score (nSPS) is 20.8. The van der Waals surface area contributed by atoms with E-state index in [0.717, 1.165) is 22.6 Å². The number of pyridine rings is 1. The molecule has 0 saturated carbocycles. The van der Waals surface area contributed by atoms with Gasteiger partial charge in [0.25, 0.3) is 0 Å². The van der Waals surface area contributed by atoms with Crippen LogP contribution in [0.1, 0.15) is 29.4 Å². The van der Waals surface area contributed by atoms with Crippen molar-refractivity contribution >= 4 is 11.6 Å². The van der Waals surface area contributed by atoms with Crippen molar-refractivity contribution in [2.75, 3.05) is 7.05 Å². The number of aryl methyl sites for hydroxylation is 1. The molecular weight excluding hydrogens is 316 g/mol. The van der Waals surface area contributed by atoms with Crippen LogP contribution in [0.3, 0.4) is 0 Å². The summed E-state index contributed by atoms with van der Waals surface area (Å²) >= 11 is 0. The third kappa shape index (κ3) is 2.60. The number of carbonyl (C=O) groups is 1. The summed E-state index contributed by atoms with van der Waals surface area (Å²) in [6.07, 6.45) is 6.13. The number of aromatic nitrogens is 4. The highest BCUT2D eigenvalue weighted by molar-refractivity contribution is 5.80. The highest BCUT2D eigenvalue weighted by atomic mass is 16.2. The Balaban J connectivity index is 1.59. The van der Waals surface area contributed by atoms with Crippen LogP contribution in [0, 0.1) is 6.92 Å². The Kier molecular flexibility index (Phi) is 3.80. The smallest absolute Gasteiger partial charge is 0.224 e. The molecule has 0 radical (unpaired) electrons. The Bertz CT molecular complexity index is 927. The minimum atomic E-state index is 0.00295. The van der Waals surface area contributed by atoms with Gasteiger partial charge in [0.1, 0.15) is 5.65 Å². The van der Waals surface area contributed by atoms with Crippen molar-refractivity contribution in [3.63, 3.8) is 0 Å². The first-order valence-corrected chi connectivity index (χ1v) is 8.44. The molecule has 1 aliphatic rings. The highest BCUT2D eigenvalue weighted by Crippen LogP contribution is 2.33. The molecule has 7 nitrogen and oxygen atoms in total. The third-order valence-corrected chi connectivity index (χ3v) is 5.24. The maximum Gasteiger partial charge on any atom is 0.224 e. The van der Waals surface area contributed by atoms with Gasteiger partial charge in [-0.3, -0.25) is 9.48 Å². The van der Waals surface area contributed by atoms with Gasteiger partial charge in [-0.1, -0.05) is 6.07 Å². The Morgan fingerprint density at radius 1 is 1.32 bits per heavy atom. The zero-order valence-corrected chi connectivity index (χ0v) is 14.7. The summed E-state index contributed by atoms with van der Waals surface area (Å²) in [5, 5.41) is 7.92. The first-order valence-electron chi connectivity index (χ1n) is 8.44. The fourth-order valence-corrected chi connectivity index (χ4v) is 3.67. The van der Waals surface area contributed by atoms with Crippen LogP contribution in [-0.4, -0.2) is 43.1 Å². The number of nitrogens with one attached hydrogen (secondary N) is 1. The highest BCUT2D eigenvalue weighted by Gasteiger charge is 2.39. The summed E-state index contributed by atoms with van der Waals surface area (Å²) in [6.45, 7) is 2.72. The van der Waals surface area contributed by atoms with E-state index in [4.69, 9.17) is 0 Å². The first kappa shape index (κ1) is 15.8. The Labute approximate surface area is 146 Å². The largest absolute Gasteiger partial charge is 0.337 e. The van der Waals surface area contributed by atoms with Crippen molar-refractivity contribution in [3.8, 4) is 0 Å². The topological polar surface area (TPSA) is 67.5 Å². The molecule has 1 saturated heterocycles. The summed E-state index contributed by atoms with van der Waals surface area (Å²) in [5.41, 5.74) is 4.25. The summed E-state index contributed by atoms with van der Waals surface area (Å²) in [5.74, 6) is 0.159. The van der Waals surface area contributed by atoms with Crippen LogP contribution in [0.5, 0.6) is 0 Å². The van der Waals surface area contributed by atoms with E-state index in [1.807, 2.05) is 55.1 Å². The van der Waals surface area contributed by atoms with E-state index >= 15 is 0 Å². The molecule has 3 aromatic heterocycles. The van der Waals surface area contributed by atoms with E-state index in [1.165, 1.54) is 0 Å². The maximum absolute atomic E-state index is 12.3. The second-order valence-corrected chi connectivity index (χ2v) is 6.62. The summed E-state index contributed by atoms with van der Waals surface area (Å²) < 4.78 is 3.92. The van der Waals surface area contributed by atoms with Gasteiger partial charge in [-0.15, -0.1) is 0 Å². The number of likely N-dealkylation sites (tertiary alicyclic amines) is 1. The van der Waals surface area contributed by atoms with Crippen LogP contribution in [0.2, 0.25) is 0 Å². The minimum Gasteiger partial charge on any atom is -0.337 e. The zero-order valence-electron chi connectivity index (χ0n) is 14.7. The third-order valence-electron chi connectivity index (χ3n) is 5.24. The number of fused-ring (bicyclic) bond motifs is 1. The lowest BCUT2D eigenvalue weighted by Gasteiger charge is -2.25. The average molecular weight is 338 g/mol. The van der Waals surface area contributed by atoms with Gasteiger partial charge in [0.05, 0.1) is 12.2 Å². The number of rotatable bonds is 4. The molecule has 4 heterocycles. The van der Waals surface area contributed by atoms with Crippen LogP contribution in [-0.2, 0) is 18.4 Å². The Hall–Kier alpha value is -2.67. The van der Waals surface area contributed by atoms with Crippen LogP contribution in [0.4, 0.5) is 0 Å². The van der Waals surface area contributed by atoms with Crippen molar-refractivity contribution in [1.82, 2.24) is 29.4 Å². The van der Waals surface area contributed by atoms with Gasteiger partial charge < -0.3 is 14.6 Å². The van der Waals surface area contributed by atoms with Crippen molar-refractivity contribution in [2.45, 2.75) is 32.0 Å². The molecule has 0 unspecified atom stereocenters. The van der Waals surface area contributed by atoms with Gasteiger partial charge in [-0.05, 0) is 19.1 Å². The van der Waals surface area contributed by atoms with Crippen molar-refractivity contribution < 1.29 is 4.79 Å². The zero-order chi connectivity index (χ0) is 17.6. The van der Waals surface area contributed by atoms with Gasteiger partial charge in [0.2, 0.25) is 5.91 Å². The minimum absolute atomic E-state index is 0.00295. The summed E-state index contributed by atoms with van der Waals surface area (Å²) in [4.78, 5) is 18.5. The molecule has 0 spiro atoms. The molecule has 7 heteroatoms. The number of hydrogen-bond acceptors (Lipinski definition) is 4. The molecule has 1 fully saturated rings. The second-order valence-electron chi connectivity index (χ2n) is 6.62. The molecule has 130 valence electrons. The summed E-state index contributed by atoms with van der Waals surface area (Å²) in [7, 11) is 3.80. The van der Waals surface area contributed by atoms with E-state index in [0.29, 0.717) is 13.0 Å². The maximum atomic E-state index is 12.3. The lowest BCUT2D eigenvalue weighted by atomic mass is 10.0. The predicted octanol–water partition coefficient (Wildman–Crippen LogP) is 1.44. The lowest BCUT2D eigenvalue weighted by molar-refractivity contribution is -0.127. The van der Waals surface area contributed by atoms with Crippen LogP contribution >= 0.6 is 0 Å². The lowest BCUT2D eigenvalue weighted by Crippen LogP contribution is -2.35. The number of amides is 1. The molecule has 1 aliphatic heterocycles. The van der Waals surface area contributed by atoms with Gasteiger partial charge in [0.15, 0.2) is 0 Å². The van der Waals surface area contributed by atoms with Gasteiger partial charge in [-0.25, -0.2) is 4.98 Å². The van der Waals surface area contributed by atoms with E-state index in [9.17, 15) is 4.79 Å². The van der Waals surface area contributed by atoms with Crippen LogP contribution < -0.4 is 5.32 Å². The van der Waals surface area contributed by atoms with E-state index in [-0.39, 0.29) is 18.0 Å². The number of imidazole rings is 1. The molecule has 3 aromatic rings. The standard InChI is InChI=1S/C18H22N6O/c1-12-14(11-21-23(12)3)18-15(9-17(25)22(18)2)20-10-13-5-4-6-16-19-7-8-24(13)16/h4-8,11,15,18,20H,9-10H2,1-3H3/t15-,18+/m1/s1. The Morgan fingerprint density at radius 3 is 2.92 bits per heavy atom. The fourth-order valence-electron chi connectivity index (χ4n) is 3.67.